The van der Waals surface area contributed by atoms with E-state index in [-0.39, 0.29) is 17.6 Å². The molecule has 0 atom stereocenters. The number of rotatable bonds is 5. The predicted octanol–water partition coefficient (Wildman–Crippen LogP) is 3.21. The molecular weight excluding hydrogens is 399 g/mol. The molecule has 4 rings (SSSR count). The van der Waals surface area contributed by atoms with Gasteiger partial charge in [-0.1, -0.05) is 6.07 Å². The van der Waals surface area contributed by atoms with Gasteiger partial charge in [-0.05, 0) is 49.4 Å². The number of anilines is 2. The van der Waals surface area contributed by atoms with Crippen LogP contribution in [0.25, 0.3) is 10.9 Å². The first kappa shape index (κ1) is 20.9. The highest BCUT2D eigenvalue weighted by molar-refractivity contribution is 6.07. The number of morpholine rings is 1. The molecule has 1 fully saturated rings. The summed E-state index contributed by atoms with van der Waals surface area (Å²) in [4.78, 5) is 31.5. The second-order valence-corrected chi connectivity index (χ2v) is 7.43. The molecule has 2 amide bonds. The van der Waals surface area contributed by atoms with Crippen LogP contribution in [0.4, 0.5) is 15.8 Å². The van der Waals surface area contributed by atoms with Gasteiger partial charge in [-0.15, -0.1) is 0 Å². The van der Waals surface area contributed by atoms with E-state index in [1.807, 2.05) is 4.90 Å². The molecule has 0 saturated carbocycles. The maximum Gasteiger partial charge on any atom is 0.257 e. The van der Waals surface area contributed by atoms with Crippen molar-refractivity contribution in [3.05, 3.63) is 65.6 Å². The Bertz CT molecular complexity index is 1130. The Hall–Kier alpha value is -3.36. The number of ether oxygens (including phenoxy) is 1. The number of hydrogen-bond donors (Lipinski definition) is 2. The third-order valence-corrected chi connectivity index (χ3v) is 5.09. The molecule has 3 aromatic rings. The normalized spacial score (nSPS) is 14.4. The number of halogens is 1. The SMILES string of the molecule is Cc1nc2ccc(F)cc2cc1C(=O)Nc1cccc(NC(=O)CN2CCOCC2)c1. The van der Waals surface area contributed by atoms with E-state index in [1.165, 1.54) is 12.1 Å². The van der Waals surface area contributed by atoms with Crippen molar-refractivity contribution in [1.82, 2.24) is 9.88 Å². The van der Waals surface area contributed by atoms with Crippen molar-refractivity contribution < 1.29 is 18.7 Å². The highest BCUT2D eigenvalue weighted by atomic mass is 19.1. The number of fused-ring (bicyclic) bond motifs is 1. The van der Waals surface area contributed by atoms with Crippen molar-refractivity contribution in [1.29, 1.82) is 0 Å². The lowest BCUT2D eigenvalue weighted by Crippen LogP contribution is -2.41. The van der Waals surface area contributed by atoms with Crippen molar-refractivity contribution in [2.24, 2.45) is 0 Å². The second kappa shape index (κ2) is 9.20. The van der Waals surface area contributed by atoms with Crippen LogP contribution in [0.2, 0.25) is 0 Å². The summed E-state index contributed by atoms with van der Waals surface area (Å²) in [5, 5.41) is 6.24. The van der Waals surface area contributed by atoms with E-state index in [1.54, 1.807) is 43.3 Å². The smallest absolute Gasteiger partial charge is 0.257 e. The first-order valence-electron chi connectivity index (χ1n) is 10.1. The molecule has 2 aromatic carbocycles. The number of carbonyl (C=O) groups is 2. The zero-order valence-corrected chi connectivity index (χ0v) is 17.2. The molecule has 8 heteroatoms. The average molecular weight is 422 g/mol. The zero-order valence-electron chi connectivity index (χ0n) is 17.2. The van der Waals surface area contributed by atoms with Crippen LogP contribution in [0.5, 0.6) is 0 Å². The minimum atomic E-state index is -0.384. The highest BCUT2D eigenvalue weighted by Crippen LogP contribution is 2.20. The fourth-order valence-electron chi connectivity index (χ4n) is 3.51. The van der Waals surface area contributed by atoms with Gasteiger partial charge in [0.15, 0.2) is 0 Å². The van der Waals surface area contributed by atoms with Crippen molar-refractivity contribution in [3.8, 4) is 0 Å². The number of pyridine rings is 1. The number of amides is 2. The van der Waals surface area contributed by atoms with E-state index in [9.17, 15) is 14.0 Å². The first-order chi connectivity index (χ1) is 15.0. The second-order valence-electron chi connectivity index (χ2n) is 7.43. The Morgan fingerprint density at radius 2 is 1.81 bits per heavy atom. The van der Waals surface area contributed by atoms with Crippen LogP contribution in [-0.4, -0.2) is 54.5 Å². The maximum absolute atomic E-state index is 13.5. The maximum atomic E-state index is 13.5. The van der Waals surface area contributed by atoms with Crippen LogP contribution in [0.1, 0.15) is 16.1 Å². The number of nitrogens with zero attached hydrogens (tertiary/aromatic N) is 2. The van der Waals surface area contributed by atoms with E-state index < -0.39 is 0 Å². The van der Waals surface area contributed by atoms with Gasteiger partial charge in [0.05, 0.1) is 36.5 Å². The average Bonchev–Trinajstić information content (AvgIpc) is 2.74. The number of hydrogen-bond acceptors (Lipinski definition) is 5. The van der Waals surface area contributed by atoms with Crippen LogP contribution in [0, 0.1) is 12.7 Å². The lowest BCUT2D eigenvalue weighted by atomic mass is 10.1. The fourth-order valence-corrected chi connectivity index (χ4v) is 3.51. The summed E-state index contributed by atoms with van der Waals surface area (Å²) >= 11 is 0. The number of carbonyl (C=O) groups excluding carboxylic acids is 2. The van der Waals surface area contributed by atoms with E-state index >= 15 is 0 Å². The van der Waals surface area contributed by atoms with E-state index in [0.717, 1.165) is 13.1 Å². The van der Waals surface area contributed by atoms with Gasteiger partial charge >= 0.3 is 0 Å². The third kappa shape index (κ3) is 5.22. The standard InChI is InChI=1S/C23H23FN4O3/c1-15-20(12-16-11-17(24)5-6-21(16)25-15)23(30)27-19-4-2-3-18(13-19)26-22(29)14-28-7-9-31-10-8-28/h2-6,11-13H,7-10,14H2,1H3,(H,26,29)(H,27,30). The summed E-state index contributed by atoms with van der Waals surface area (Å²) in [6.45, 7) is 4.74. The van der Waals surface area contributed by atoms with E-state index in [4.69, 9.17) is 4.74 Å². The van der Waals surface area contributed by atoms with Gasteiger partial charge in [0.2, 0.25) is 5.91 Å². The summed E-state index contributed by atoms with van der Waals surface area (Å²) in [5.41, 5.74) is 2.66. The van der Waals surface area contributed by atoms with Crippen molar-refractivity contribution >= 4 is 34.1 Å². The van der Waals surface area contributed by atoms with Gasteiger partial charge in [0, 0.05) is 29.9 Å². The van der Waals surface area contributed by atoms with Crippen LogP contribution < -0.4 is 10.6 Å². The molecule has 1 saturated heterocycles. The Morgan fingerprint density at radius 3 is 2.58 bits per heavy atom. The molecule has 0 aliphatic carbocycles. The number of aromatic nitrogens is 1. The number of benzene rings is 2. The van der Waals surface area contributed by atoms with Crippen molar-refractivity contribution in [2.45, 2.75) is 6.92 Å². The Kier molecular flexibility index (Phi) is 6.20. The molecule has 31 heavy (non-hydrogen) atoms. The molecule has 0 unspecified atom stereocenters. The van der Waals surface area contributed by atoms with Gasteiger partial charge in [-0.2, -0.15) is 0 Å². The predicted molar refractivity (Wildman–Crippen MR) is 117 cm³/mol. The first-order valence-corrected chi connectivity index (χ1v) is 10.1. The molecule has 0 radical (unpaired) electrons. The molecule has 7 nitrogen and oxygen atoms in total. The minimum Gasteiger partial charge on any atom is -0.379 e. The monoisotopic (exact) mass is 422 g/mol. The Labute approximate surface area is 179 Å². The zero-order chi connectivity index (χ0) is 21.8. The van der Waals surface area contributed by atoms with Gasteiger partial charge in [-0.25, -0.2) is 4.39 Å². The van der Waals surface area contributed by atoms with E-state index in [2.05, 4.69) is 15.6 Å². The molecule has 2 N–H and O–H groups in total. The van der Waals surface area contributed by atoms with Crippen molar-refractivity contribution in [3.63, 3.8) is 0 Å². The summed E-state index contributed by atoms with van der Waals surface area (Å²) in [5.74, 6) is -0.861. The quantitative estimate of drug-likeness (QED) is 0.660. The lowest BCUT2D eigenvalue weighted by molar-refractivity contribution is -0.118. The fraction of sp³-hybridized carbons (Fsp3) is 0.261. The van der Waals surface area contributed by atoms with Crippen LogP contribution >= 0.6 is 0 Å². The molecule has 0 spiro atoms. The van der Waals surface area contributed by atoms with Crippen LogP contribution in [0.15, 0.2) is 48.5 Å². The minimum absolute atomic E-state index is 0.123. The van der Waals surface area contributed by atoms with Gasteiger partial charge in [0.1, 0.15) is 5.82 Å². The van der Waals surface area contributed by atoms with E-state index in [0.29, 0.717) is 53.3 Å². The van der Waals surface area contributed by atoms with Gasteiger partial charge in [0.25, 0.3) is 5.91 Å². The molecule has 0 bridgehead atoms. The summed E-state index contributed by atoms with van der Waals surface area (Å²) < 4.78 is 18.8. The Morgan fingerprint density at radius 1 is 1.06 bits per heavy atom. The van der Waals surface area contributed by atoms with Crippen LogP contribution in [-0.2, 0) is 9.53 Å². The van der Waals surface area contributed by atoms with Gasteiger partial charge < -0.3 is 15.4 Å². The Balaban J connectivity index is 1.44. The molecule has 1 aliphatic heterocycles. The largest absolute Gasteiger partial charge is 0.379 e. The van der Waals surface area contributed by atoms with Gasteiger partial charge in [-0.3, -0.25) is 19.5 Å². The lowest BCUT2D eigenvalue weighted by Gasteiger charge is -2.25. The molecule has 1 aliphatic rings. The van der Waals surface area contributed by atoms with Crippen molar-refractivity contribution in [2.75, 3.05) is 43.5 Å². The summed E-state index contributed by atoms with van der Waals surface area (Å²) in [6, 6.07) is 12.8. The topological polar surface area (TPSA) is 83.6 Å². The number of nitrogens with one attached hydrogen (secondary N) is 2. The molecular formula is C23H23FN4O3. The van der Waals surface area contributed by atoms with Crippen LogP contribution in [0.3, 0.4) is 0 Å². The molecule has 160 valence electrons. The third-order valence-electron chi connectivity index (χ3n) is 5.09. The highest BCUT2D eigenvalue weighted by Gasteiger charge is 2.15. The molecule has 2 heterocycles. The molecule has 1 aromatic heterocycles. The summed E-state index contributed by atoms with van der Waals surface area (Å²) in [7, 11) is 0. The number of aryl methyl sites for hydroxylation is 1. The summed E-state index contributed by atoms with van der Waals surface area (Å²) in [6.07, 6.45) is 0.